The van der Waals surface area contributed by atoms with E-state index in [1.54, 1.807) is 18.4 Å². The summed E-state index contributed by atoms with van der Waals surface area (Å²) in [6, 6.07) is 62.8. The average molecular weight is 929 g/mol. The van der Waals surface area contributed by atoms with Crippen LogP contribution in [0.25, 0.3) is 58.7 Å². The fourth-order valence-corrected chi connectivity index (χ4v) is 9.27. The normalized spacial score (nSPS) is 11.7. The maximum absolute atomic E-state index is 6.56. The summed E-state index contributed by atoms with van der Waals surface area (Å²) in [6.07, 6.45) is 17.5. The van der Waals surface area contributed by atoms with Gasteiger partial charge in [0.1, 0.15) is 11.5 Å². The van der Waals surface area contributed by atoms with Gasteiger partial charge in [-0.25, -0.2) is 0 Å². The largest absolute Gasteiger partial charge is 0.496 e. The molecule has 0 aliphatic carbocycles. The molecule has 1 heterocycles. The fraction of sp³-hybridized carbons (Fsp3) is 0.164. The lowest BCUT2D eigenvalue weighted by Gasteiger charge is -2.16. The third-order valence-corrected chi connectivity index (χ3v) is 13.2. The molecule has 0 bridgehead atoms. The quantitative estimate of drug-likeness (QED) is 0.0669. The monoisotopic (exact) mass is 928 g/mol. The van der Waals surface area contributed by atoms with Gasteiger partial charge in [0.2, 0.25) is 0 Å². The zero-order valence-electron chi connectivity index (χ0n) is 40.7. The molecular weight excluding hydrogens is 869 g/mol. The number of thiophene rings is 1. The van der Waals surface area contributed by atoms with Gasteiger partial charge in [-0.15, -0.1) is 11.3 Å². The second kappa shape index (κ2) is 25.0. The number of ether oxygens (including phenoxy) is 2. The zero-order chi connectivity index (χ0) is 48.3. The molecule has 0 N–H and O–H groups in total. The summed E-state index contributed by atoms with van der Waals surface area (Å²) in [5.74, 6) is 17.1. The molecule has 2 nitrogen and oxygen atoms in total. The molecule has 8 rings (SSSR count). The molecule has 0 amide bonds. The van der Waals surface area contributed by atoms with Crippen LogP contribution in [0.1, 0.15) is 101 Å². The molecule has 8 aromatic rings. The van der Waals surface area contributed by atoms with E-state index in [-0.39, 0.29) is 0 Å². The molecule has 0 aliphatic rings. The highest BCUT2D eigenvalue weighted by Crippen LogP contribution is 2.43. The van der Waals surface area contributed by atoms with Gasteiger partial charge in [-0.05, 0) is 99.9 Å². The first kappa shape index (κ1) is 48.6. The van der Waals surface area contributed by atoms with E-state index in [1.165, 1.54) is 24.8 Å². The third-order valence-electron chi connectivity index (χ3n) is 12.2. The third kappa shape index (κ3) is 13.9. The van der Waals surface area contributed by atoms with Crippen molar-refractivity contribution in [3.05, 3.63) is 236 Å². The average Bonchev–Trinajstić information content (AvgIpc) is 3.77. The van der Waals surface area contributed by atoms with E-state index in [9.17, 15) is 0 Å². The van der Waals surface area contributed by atoms with Gasteiger partial charge in [-0.1, -0.05) is 234 Å². The van der Waals surface area contributed by atoms with Crippen molar-refractivity contribution in [1.29, 1.82) is 0 Å². The molecule has 1 aromatic heterocycles. The Morgan fingerprint density at radius 1 is 0.443 bits per heavy atom. The van der Waals surface area contributed by atoms with Gasteiger partial charge in [0, 0.05) is 33.4 Å². The van der Waals surface area contributed by atoms with Crippen molar-refractivity contribution in [2.45, 2.75) is 46.5 Å². The van der Waals surface area contributed by atoms with E-state index in [4.69, 9.17) is 9.47 Å². The summed E-state index contributed by atoms with van der Waals surface area (Å²) < 4.78 is 12.5. The number of rotatable bonds is 17. The number of hydrogen-bond donors (Lipinski definition) is 0. The summed E-state index contributed by atoms with van der Waals surface area (Å²) in [6.45, 7) is 7.60. The molecule has 0 saturated heterocycles. The highest BCUT2D eigenvalue weighted by molar-refractivity contribution is 7.14. The highest BCUT2D eigenvalue weighted by Gasteiger charge is 2.20. The van der Waals surface area contributed by atoms with E-state index < -0.39 is 0 Å². The fourth-order valence-electron chi connectivity index (χ4n) is 8.22. The molecule has 0 saturated carbocycles. The Balaban J connectivity index is 1.05. The van der Waals surface area contributed by atoms with Gasteiger partial charge < -0.3 is 9.47 Å². The van der Waals surface area contributed by atoms with Crippen LogP contribution < -0.4 is 9.47 Å². The molecule has 0 radical (unpaired) electrons. The highest BCUT2D eigenvalue weighted by atomic mass is 32.1. The van der Waals surface area contributed by atoms with Crippen LogP contribution in [0.2, 0.25) is 0 Å². The van der Waals surface area contributed by atoms with Gasteiger partial charge in [0.15, 0.2) is 0 Å². The van der Waals surface area contributed by atoms with E-state index in [2.05, 4.69) is 251 Å². The van der Waals surface area contributed by atoms with Crippen molar-refractivity contribution in [3.63, 3.8) is 0 Å². The Kier molecular flexibility index (Phi) is 17.4. The standard InChI is InChI=1S/C67H60O2S/c1-50(2)18-17-19-51(3)46-47-69-63-49-60(62(68-4)48-61(63)43-38-53-22-11-6-12-23-53)42-39-55-32-36-57(37-33-55)41-45-65-67(59-26-15-8-16-27-59)66(58-24-13-7-14-25-58)64(70-65)44-40-56-34-30-54(31-35-56)29-28-52-20-9-5-10-21-52/h5-16,20-39,42-43,48-51H,17-19,46-47H2,1-4H3. The Morgan fingerprint density at radius 3 is 1.31 bits per heavy atom. The number of methoxy groups -OCH3 is 1. The number of benzene rings is 7. The van der Waals surface area contributed by atoms with Crippen molar-refractivity contribution < 1.29 is 9.47 Å². The van der Waals surface area contributed by atoms with E-state index >= 15 is 0 Å². The molecule has 1 atom stereocenters. The number of hydrogen-bond acceptors (Lipinski definition) is 3. The molecular formula is C67H60O2S. The second-order valence-corrected chi connectivity index (χ2v) is 19.0. The van der Waals surface area contributed by atoms with Crippen molar-refractivity contribution in [2.75, 3.05) is 13.7 Å². The minimum absolute atomic E-state index is 0.607. The summed E-state index contributed by atoms with van der Waals surface area (Å²) in [4.78, 5) is 1.96. The van der Waals surface area contributed by atoms with Gasteiger partial charge >= 0.3 is 0 Å². The Morgan fingerprint density at radius 2 is 0.857 bits per heavy atom. The van der Waals surface area contributed by atoms with Crippen molar-refractivity contribution in [3.8, 4) is 57.4 Å². The molecule has 7 aromatic carbocycles. The van der Waals surface area contributed by atoms with Crippen LogP contribution in [-0.2, 0) is 0 Å². The molecule has 70 heavy (non-hydrogen) atoms. The van der Waals surface area contributed by atoms with E-state index in [0.717, 1.165) is 94.8 Å². The minimum atomic E-state index is 0.607. The van der Waals surface area contributed by atoms with Gasteiger partial charge in [0.05, 0.1) is 23.5 Å². The molecule has 3 heteroatoms. The maximum Gasteiger partial charge on any atom is 0.127 e. The summed E-state index contributed by atoms with van der Waals surface area (Å²) in [5, 5.41) is 0. The predicted molar refractivity (Wildman–Crippen MR) is 301 cm³/mol. The minimum Gasteiger partial charge on any atom is -0.496 e. The van der Waals surface area contributed by atoms with Crippen LogP contribution in [0.3, 0.4) is 0 Å². The van der Waals surface area contributed by atoms with Crippen molar-refractivity contribution in [2.24, 2.45) is 11.8 Å². The van der Waals surface area contributed by atoms with Crippen LogP contribution in [-0.4, -0.2) is 13.7 Å². The lowest BCUT2D eigenvalue weighted by atomic mass is 9.94. The van der Waals surface area contributed by atoms with E-state index in [0.29, 0.717) is 12.5 Å². The second-order valence-electron chi connectivity index (χ2n) is 18.0. The van der Waals surface area contributed by atoms with Crippen LogP contribution in [0.15, 0.2) is 182 Å². The van der Waals surface area contributed by atoms with Gasteiger partial charge in [-0.2, -0.15) is 0 Å². The summed E-state index contributed by atoms with van der Waals surface area (Å²) >= 11 is 1.65. The summed E-state index contributed by atoms with van der Waals surface area (Å²) in [5.41, 5.74) is 12.8. The first-order valence-corrected chi connectivity index (χ1v) is 25.2. The molecule has 0 aliphatic heterocycles. The van der Waals surface area contributed by atoms with Gasteiger partial charge in [0.25, 0.3) is 0 Å². The van der Waals surface area contributed by atoms with E-state index in [1.807, 2.05) is 12.1 Å². The summed E-state index contributed by atoms with van der Waals surface area (Å²) in [7, 11) is 1.73. The Labute approximate surface area is 420 Å². The Hall–Kier alpha value is -7.82. The zero-order valence-corrected chi connectivity index (χ0v) is 41.5. The van der Waals surface area contributed by atoms with Crippen LogP contribution in [0.5, 0.6) is 11.5 Å². The van der Waals surface area contributed by atoms with Gasteiger partial charge in [-0.3, -0.25) is 0 Å². The predicted octanol–water partition coefficient (Wildman–Crippen LogP) is 17.6. The lowest BCUT2D eigenvalue weighted by molar-refractivity contribution is 0.275. The molecule has 346 valence electrons. The first-order valence-electron chi connectivity index (χ1n) is 24.4. The topological polar surface area (TPSA) is 18.5 Å². The lowest BCUT2D eigenvalue weighted by Crippen LogP contribution is -2.06. The maximum atomic E-state index is 6.56. The molecule has 1 unspecified atom stereocenters. The smallest absolute Gasteiger partial charge is 0.127 e. The molecule has 0 spiro atoms. The van der Waals surface area contributed by atoms with Crippen LogP contribution >= 0.6 is 11.3 Å². The SMILES string of the molecule is COc1cc(C=Cc2ccccc2)c(OCCC(C)CCCC(C)C)cc1C=Cc1ccc(C#Cc2sc(C#Cc3ccc(C=Cc4ccccc4)cc3)c(-c3ccccc3)c2-c2ccccc2)cc1. The first-order chi connectivity index (χ1) is 34.4. The van der Waals surface area contributed by atoms with Crippen molar-refractivity contribution in [1.82, 2.24) is 0 Å². The van der Waals surface area contributed by atoms with Crippen molar-refractivity contribution >= 4 is 47.8 Å². The van der Waals surface area contributed by atoms with Crippen LogP contribution in [0, 0.1) is 35.5 Å². The van der Waals surface area contributed by atoms with Crippen LogP contribution in [0.4, 0.5) is 0 Å². The molecule has 0 fully saturated rings. The Bertz CT molecular complexity index is 3140.